The number of carbonyl (C=O) groups excluding carboxylic acids is 1. The van der Waals surface area contributed by atoms with E-state index in [2.05, 4.69) is 15.5 Å². The van der Waals surface area contributed by atoms with Crippen LogP contribution in [0.5, 0.6) is 0 Å². The summed E-state index contributed by atoms with van der Waals surface area (Å²) in [5.41, 5.74) is 0.447. The topological polar surface area (TPSA) is 90.0 Å². The van der Waals surface area contributed by atoms with Crippen molar-refractivity contribution < 1.29 is 9.32 Å². The Kier molecular flexibility index (Phi) is 4.45. The molecule has 3 rings (SSSR count). The van der Waals surface area contributed by atoms with Crippen LogP contribution in [0.4, 0.5) is 0 Å². The fourth-order valence-electron chi connectivity index (χ4n) is 3.20. The average molecular weight is 318 g/mol. The summed E-state index contributed by atoms with van der Waals surface area (Å²) in [7, 11) is 0. The molecule has 7 heteroatoms. The Balaban J connectivity index is 1.79. The van der Waals surface area contributed by atoms with Gasteiger partial charge in [0.05, 0.1) is 5.69 Å². The molecule has 2 aromatic heterocycles. The van der Waals surface area contributed by atoms with E-state index in [-0.39, 0.29) is 29.8 Å². The number of hydrogen-bond acceptors (Lipinski definition) is 5. The van der Waals surface area contributed by atoms with Crippen molar-refractivity contribution in [3.63, 3.8) is 0 Å². The van der Waals surface area contributed by atoms with E-state index in [1.165, 1.54) is 17.4 Å². The molecular weight excluding hydrogens is 296 g/mol. The molecule has 0 atom stereocenters. The zero-order chi connectivity index (χ0) is 16.4. The zero-order valence-electron chi connectivity index (χ0n) is 13.6. The summed E-state index contributed by atoms with van der Waals surface area (Å²) < 4.78 is 6.42. The number of nitrogens with one attached hydrogen (secondary N) is 1. The summed E-state index contributed by atoms with van der Waals surface area (Å²) in [4.78, 5) is 29.1. The molecule has 0 saturated heterocycles. The highest BCUT2D eigenvalue weighted by Crippen LogP contribution is 2.17. The van der Waals surface area contributed by atoms with Gasteiger partial charge < -0.3 is 9.84 Å². The highest BCUT2D eigenvalue weighted by molar-refractivity contribution is 5.78. The van der Waals surface area contributed by atoms with Crippen LogP contribution in [0.15, 0.2) is 9.32 Å². The number of nitrogens with zero attached hydrogens (tertiary/aromatic N) is 3. The lowest BCUT2D eigenvalue weighted by Crippen LogP contribution is -2.39. The van der Waals surface area contributed by atoms with Gasteiger partial charge in [0.25, 0.3) is 11.3 Å². The average Bonchev–Trinajstić information content (AvgIpc) is 2.72. The summed E-state index contributed by atoms with van der Waals surface area (Å²) in [6.45, 7) is 3.37. The Bertz CT molecular complexity index is 769. The first-order valence-electron chi connectivity index (χ1n) is 8.19. The van der Waals surface area contributed by atoms with Crippen molar-refractivity contribution in [3.8, 4) is 0 Å². The second kappa shape index (κ2) is 6.52. The summed E-state index contributed by atoms with van der Waals surface area (Å²) >= 11 is 0. The van der Waals surface area contributed by atoms with Crippen molar-refractivity contribution in [1.29, 1.82) is 0 Å². The molecule has 0 spiro atoms. The first kappa shape index (κ1) is 15.7. The minimum absolute atomic E-state index is 0.0191. The van der Waals surface area contributed by atoms with Gasteiger partial charge in [-0.3, -0.25) is 14.2 Å². The fourth-order valence-corrected chi connectivity index (χ4v) is 3.20. The minimum atomic E-state index is -0.276. The SMILES string of the molecule is Cc1noc2nc(C)n(CC(=O)NC3CCCCCC3)c(=O)c12. The van der Waals surface area contributed by atoms with Crippen LogP contribution in [0.25, 0.3) is 11.1 Å². The number of hydrogen-bond donors (Lipinski definition) is 1. The quantitative estimate of drug-likeness (QED) is 0.872. The molecule has 0 bridgehead atoms. The van der Waals surface area contributed by atoms with E-state index in [9.17, 15) is 9.59 Å². The van der Waals surface area contributed by atoms with Gasteiger partial charge in [0.2, 0.25) is 5.91 Å². The standard InChI is InChI=1S/C16H22N4O3/c1-10-14-15(23-19-10)17-11(2)20(16(14)22)9-13(21)18-12-7-5-3-4-6-8-12/h12H,3-9H2,1-2H3,(H,18,21). The third-order valence-electron chi connectivity index (χ3n) is 4.48. The molecule has 2 aromatic rings. The first-order chi connectivity index (χ1) is 11.1. The lowest BCUT2D eigenvalue weighted by molar-refractivity contribution is -0.122. The Morgan fingerprint density at radius 1 is 1.26 bits per heavy atom. The van der Waals surface area contributed by atoms with E-state index in [1.54, 1.807) is 13.8 Å². The van der Waals surface area contributed by atoms with E-state index < -0.39 is 0 Å². The number of rotatable bonds is 3. The lowest BCUT2D eigenvalue weighted by atomic mass is 10.1. The van der Waals surface area contributed by atoms with E-state index in [0.29, 0.717) is 16.9 Å². The second-order valence-electron chi connectivity index (χ2n) is 6.25. The van der Waals surface area contributed by atoms with Crippen molar-refractivity contribution in [2.75, 3.05) is 0 Å². The molecule has 1 N–H and O–H groups in total. The summed E-state index contributed by atoms with van der Waals surface area (Å²) in [6, 6.07) is 0.218. The van der Waals surface area contributed by atoms with Gasteiger partial charge in [-0.2, -0.15) is 4.98 Å². The van der Waals surface area contributed by atoms with E-state index in [0.717, 1.165) is 25.7 Å². The third kappa shape index (κ3) is 3.28. The Morgan fingerprint density at radius 2 is 1.96 bits per heavy atom. The number of aryl methyl sites for hydroxylation is 2. The lowest BCUT2D eigenvalue weighted by Gasteiger charge is -2.17. The predicted molar refractivity (Wildman–Crippen MR) is 85.2 cm³/mol. The highest BCUT2D eigenvalue weighted by atomic mass is 16.5. The van der Waals surface area contributed by atoms with E-state index in [1.807, 2.05) is 0 Å². The van der Waals surface area contributed by atoms with E-state index in [4.69, 9.17) is 4.52 Å². The first-order valence-corrected chi connectivity index (χ1v) is 8.19. The van der Waals surface area contributed by atoms with Gasteiger partial charge in [-0.05, 0) is 26.7 Å². The van der Waals surface area contributed by atoms with E-state index >= 15 is 0 Å². The Hall–Kier alpha value is -2.18. The number of fused-ring (bicyclic) bond motifs is 1. The minimum Gasteiger partial charge on any atom is -0.352 e. The summed E-state index contributed by atoms with van der Waals surface area (Å²) in [6.07, 6.45) is 6.80. The molecule has 0 radical (unpaired) electrons. The van der Waals surface area contributed by atoms with Gasteiger partial charge in [-0.1, -0.05) is 30.8 Å². The maximum absolute atomic E-state index is 12.6. The Morgan fingerprint density at radius 3 is 2.65 bits per heavy atom. The van der Waals surface area contributed by atoms with Crippen molar-refractivity contribution in [1.82, 2.24) is 20.0 Å². The second-order valence-corrected chi connectivity index (χ2v) is 6.25. The smallest absolute Gasteiger partial charge is 0.267 e. The van der Waals surface area contributed by atoms with Crippen molar-refractivity contribution in [2.24, 2.45) is 0 Å². The van der Waals surface area contributed by atoms with Crippen LogP contribution >= 0.6 is 0 Å². The molecule has 1 aliphatic rings. The van der Waals surface area contributed by atoms with Crippen LogP contribution in [0.1, 0.15) is 50.0 Å². The van der Waals surface area contributed by atoms with Gasteiger partial charge in [0, 0.05) is 6.04 Å². The zero-order valence-corrected chi connectivity index (χ0v) is 13.6. The van der Waals surface area contributed by atoms with Crippen LogP contribution in [0.2, 0.25) is 0 Å². The van der Waals surface area contributed by atoms with Gasteiger partial charge in [0.1, 0.15) is 17.8 Å². The summed E-state index contributed by atoms with van der Waals surface area (Å²) in [5.74, 6) is 0.312. The predicted octanol–water partition coefficient (Wildman–Crippen LogP) is 1.84. The molecule has 2 heterocycles. The molecule has 1 fully saturated rings. The number of carbonyl (C=O) groups is 1. The fraction of sp³-hybridized carbons (Fsp3) is 0.625. The van der Waals surface area contributed by atoms with Gasteiger partial charge >= 0.3 is 0 Å². The molecule has 1 amide bonds. The molecule has 1 saturated carbocycles. The van der Waals surface area contributed by atoms with Crippen molar-refractivity contribution in [3.05, 3.63) is 21.9 Å². The largest absolute Gasteiger partial charge is 0.352 e. The van der Waals surface area contributed by atoms with Crippen LogP contribution in [0, 0.1) is 13.8 Å². The van der Waals surface area contributed by atoms with Crippen molar-refractivity contribution >= 4 is 17.0 Å². The van der Waals surface area contributed by atoms with Crippen LogP contribution in [-0.4, -0.2) is 26.7 Å². The molecular formula is C16H22N4O3. The molecule has 124 valence electrons. The number of aromatic nitrogens is 3. The molecule has 0 aliphatic heterocycles. The third-order valence-corrected chi connectivity index (χ3v) is 4.48. The summed E-state index contributed by atoms with van der Waals surface area (Å²) in [5, 5.41) is 7.17. The van der Waals surface area contributed by atoms with Crippen LogP contribution in [0.3, 0.4) is 0 Å². The molecule has 23 heavy (non-hydrogen) atoms. The normalized spacial score (nSPS) is 16.4. The monoisotopic (exact) mass is 318 g/mol. The number of amides is 1. The molecule has 1 aliphatic carbocycles. The van der Waals surface area contributed by atoms with Gasteiger partial charge in [-0.25, -0.2) is 0 Å². The molecule has 0 unspecified atom stereocenters. The molecule has 7 nitrogen and oxygen atoms in total. The van der Waals surface area contributed by atoms with Crippen molar-refractivity contribution in [2.45, 2.75) is 65.0 Å². The van der Waals surface area contributed by atoms with Gasteiger partial charge in [-0.15, -0.1) is 0 Å². The maximum atomic E-state index is 12.6. The van der Waals surface area contributed by atoms with Crippen LogP contribution in [-0.2, 0) is 11.3 Å². The maximum Gasteiger partial charge on any atom is 0.267 e. The Labute approximate surface area is 134 Å². The van der Waals surface area contributed by atoms with Crippen LogP contribution < -0.4 is 10.9 Å². The molecule has 0 aromatic carbocycles. The highest BCUT2D eigenvalue weighted by Gasteiger charge is 2.19. The van der Waals surface area contributed by atoms with Gasteiger partial charge in [0.15, 0.2) is 0 Å².